The second-order valence-corrected chi connectivity index (χ2v) is 12.7. The van der Waals surface area contributed by atoms with Crippen molar-refractivity contribution >= 4 is 0 Å². The quantitative estimate of drug-likeness (QED) is 0.0875. The summed E-state index contributed by atoms with van der Waals surface area (Å²) in [6.45, 7) is 29.0. The van der Waals surface area contributed by atoms with Crippen LogP contribution >= 0.6 is 0 Å². The molecule has 0 aromatic heterocycles. The third-order valence-electron chi connectivity index (χ3n) is 8.82. The van der Waals surface area contributed by atoms with E-state index in [9.17, 15) is 0 Å². The number of hydrogen-bond donors (Lipinski definition) is 0. The van der Waals surface area contributed by atoms with Gasteiger partial charge in [-0.05, 0) is 78.0 Å². The first-order valence-electron chi connectivity index (χ1n) is 18.7. The second kappa shape index (κ2) is 36.5. The van der Waals surface area contributed by atoms with E-state index in [1.807, 2.05) is 0 Å². The fraction of sp³-hybridized carbons (Fsp3) is 0.789. The van der Waals surface area contributed by atoms with Gasteiger partial charge in [-0.25, -0.2) is 13.1 Å². The molecule has 0 heterocycles. The van der Waals surface area contributed by atoms with Crippen LogP contribution in [0.25, 0.3) is 9.69 Å². The van der Waals surface area contributed by atoms with E-state index in [0.29, 0.717) is 104 Å². The first-order valence-corrected chi connectivity index (χ1v) is 18.7. The number of rotatable bonds is 35. The molecule has 0 saturated heterocycles. The van der Waals surface area contributed by atoms with Gasteiger partial charge >= 0.3 is 0 Å². The van der Waals surface area contributed by atoms with Crippen molar-refractivity contribution in [1.29, 1.82) is 31.6 Å². The van der Waals surface area contributed by atoms with Crippen molar-refractivity contribution in [3.05, 3.63) is 22.8 Å². The summed E-state index contributed by atoms with van der Waals surface area (Å²) in [6, 6.07) is 13.3. The molecule has 0 saturated carbocycles. The number of hydrogen-bond acceptors (Lipinski definition) is 12. The highest BCUT2D eigenvalue weighted by Gasteiger charge is 2.15. The molecule has 14 nitrogen and oxygen atoms in total. The topological polar surface area (TPSA) is 171 Å². The van der Waals surface area contributed by atoms with Crippen molar-refractivity contribution in [2.45, 2.75) is 64.2 Å². The van der Waals surface area contributed by atoms with E-state index in [4.69, 9.17) is 44.7 Å². The lowest BCUT2D eigenvalue weighted by atomic mass is 10.2. The van der Waals surface area contributed by atoms with E-state index in [2.05, 4.69) is 75.5 Å². The van der Waals surface area contributed by atoms with Crippen molar-refractivity contribution in [3.63, 3.8) is 0 Å². The molecule has 0 aliphatic rings. The Bertz CT molecular complexity index is 972. The van der Waals surface area contributed by atoms with Gasteiger partial charge in [0.1, 0.15) is 0 Å². The molecule has 0 rings (SSSR count). The van der Waals surface area contributed by atoms with Gasteiger partial charge in [-0.1, -0.05) is 0 Å². The predicted molar refractivity (Wildman–Crippen MR) is 201 cm³/mol. The van der Waals surface area contributed by atoms with Crippen LogP contribution in [0.2, 0.25) is 0 Å². The van der Waals surface area contributed by atoms with Crippen LogP contribution in [-0.2, 0) is 0 Å². The SMILES string of the molecule is [C-]#[N+]CCN(CCC#N)CCCN(CCCN(CCC#N)CCC#N)CCN(CCCN(CCC#N)CCC#N)CCCN(CCC#N)CC[N+]#[C-]. The normalized spacial score (nSPS) is 10.8. The summed E-state index contributed by atoms with van der Waals surface area (Å²) in [7, 11) is 0. The van der Waals surface area contributed by atoms with Crippen molar-refractivity contribution in [1.82, 2.24) is 29.4 Å². The summed E-state index contributed by atoms with van der Waals surface area (Å²) in [5.74, 6) is 0. The number of nitrogens with zero attached hydrogens (tertiary/aromatic N) is 14. The van der Waals surface area contributed by atoms with Gasteiger partial charge in [0.2, 0.25) is 13.1 Å². The molecule has 0 spiro atoms. The van der Waals surface area contributed by atoms with Gasteiger partial charge in [-0.3, -0.25) is 9.80 Å². The molecule has 0 radical (unpaired) electrons. The lowest BCUT2D eigenvalue weighted by Crippen LogP contribution is -2.40. The summed E-state index contributed by atoms with van der Waals surface area (Å²) in [5.41, 5.74) is 0. The average molecular weight is 713 g/mol. The molecule has 0 N–H and O–H groups in total. The van der Waals surface area contributed by atoms with Crippen LogP contribution in [-0.4, -0.2) is 160 Å². The molecule has 0 amide bonds. The molecule has 0 aliphatic heterocycles. The lowest BCUT2D eigenvalue weighted by Gasteiger charge is -2.30. The minimum absolute atomic E-state index is 0.418. The highest BCUT2D eigenvalue weighted by molar-refractivity contribution is 4.80. The number of nitriles is 6. The Morgan fingerprint density at radius 3 is 0.673 bits per heavy atom. The maximum atomic E-state index is 9.12. The molecular formula is C38H60N14. The van der Waals surface area contributed by atoms with Crippen molar-refractivity contribution in [2.24, 2.45) is 0 Å². The van der Waals surface area contributed by atoms with Crippen LogP contribution < -0.4 is 0 Å². The monoisotopic (exact) mass is 713 g/mol. The van der Waals surface area contributed by atoms with E-state index >= 15 is 0 Å². The minimum atomic E-state index is 0.418. The molecule has 0 atom stereocenters. The molecule has 0 unspecified atom stereocenters. The minimum Gasteiger partial charge on any atom is -0.316 e. The van der Waals surface area contributed by atoms with Crippen LogP contribution in [0.4, 0.5) is 0 Å². The molecule has 52 heavy (non-hydrogen) atoms. The van der Waals surface area contributed by atoms with Crippen LogP contribution in [0.3, 0.4) is 0 Å². The van der Waals surface area contributed by atoms with Crippen molar-refractivity contribution in [3.8, 4) is 36.4 Å². The second-order valence-electron chi connectivity index (χ2n) is 12.7. The Morgan fingerprint density at radius 1 is 0.288 bits per heavy atom. The van der Waals surface area contributed by atoms with Gasteiger partial charge in [0, 0.05) is 90.9 Å². The maximum absolute atomic E-state index is 9.12. The third-order valence-corrected chi connectivity index (χ3v) is 8.82. The van der Waals surface area contributed by atoms with Crippen molar-refractivity contribution in [2.75, 3.05) is 131 Å². The summed E-state index contributed by atoms with van der Waals surface area (Å²) < 4.78 is 0. The predicted octanol–water partition coefficient (Wildman–Crippen LogP) is 3.68. The van der Waals surface area contributed by atoms with E-state index in [1.165, 1.54) is 0 Å². The van der Waals surface area contributed by atoms with Crippen molar-refractivity contribution < 1.29 is 0 Å². The first-order chi connectivity index (χ1) is 25.5. The zero-order valence-electron chi connectivity index (χ0n) is 31.5. The Hall–Kier alpha value is -4.32. The zero-order chi connectivity index (χ0) is 38.3. The Kier molecular flexibility index (Phi) is 33.4. The van der Waals surface area contributed by atoms with Gasteiger partial charge in [0.05, 0.1) is 49.5 Å². The molecule has 282 valence electrons. The fourth-order valence-electron chi connectivity index (χ4n) is 6.00. The molecule has 0 bridgehead atoms. The lowest BCUT2D eigenvalue weighted by molar-refractivity contribution is 0.168. The molecule has 0 aromatic rings. The summed E-state index contributed by atoms with van der Waals surface area (Å²) >= 11 is 0. The van der Waals surface area contributed by atoms with E-state index in [0.717, 1.165) is 91.1 Å². The molecule has 0 aromatic carbocycles. The molecule has 0 aliphatic carbocycles. The standard InChI is InChI=1S/C38H60N14/c1-45-19-35-49(25-7-17-43)29-11-33-51(31-9-27-47(21-3-13-39)22-4-14-40)37-38-52(32-10-28-48(23-5-15-41)24-6-16-42)34-12-30-50(26-8-18-44)36-20-46-2/h3-12,19-38H2. The highest BCUT2D eigenvalue weighted by Crippen LogP contribution is 2.06. The van der Waals surface area contributed by atoms with Crippen LogP contribution in [0.1, 0.15) is 64.2 Å². The van der Waals surface area contributed by atoms with E-state index < -0.39 is 0 Å². The van der Waals surface area contributed by atoms with Gasteiger partial charge < -0.3 is 29.3 Å². The zero-order valence-corrected chi connectivity index (χ0v) is 31.5. The Morgan fingerprint density at radius 2 is 0.481 bits per heavy atom. The van der Waals surface area contributed by atoms with Crippen LogP contribution in [0, 0.1) is 81.1 Å². The summed E-state index contributed by atoms with van der Waals surface area (Å²) in [6.07, 6.45) is 6.26. The van der Waals surface area contributed by atoms with Gasteiger partial charge in [0.25, 0.3) is 0 Å². The average Bonchev–Trinajstić information content (AvgIpc) is 3.16. The molecule has 14 heteroatoms. The van der Waals surface area contributed by atoms with Gasteiger partial charge in [0.15, 0.2) is 0 Å². The van der Waals surface area contributed by atoms with Crippen LogP contribution in [0.5, 0.6) is 0 Å². The molecule has 0 fully saturated rings. The van der Waals surface area contributed by atoms with Gasteiger partial charge in [-0.15, -0.1) is 0 Å². The van der Waals surface area contributed by atoms with E-state index in [1.54, 1.807) is 0 Å². The fourth-order valence-corrected chi connectivity index (χ4v) is 6.00. The van der Waals surface area contributed by atoms with E-state index in [-0.39, 0.29) is 0 Å². The van der Waals surface area contributed by atoms with Gasteiger partial charge in [-0.2, -0.15) is 31.6 Å². The largest absolute Gasteiger partial charge is 0.316 e. The summed E-state index contributed by atoms with van der Waals surface area (Å²) in [4.78, 5) is 20.8. The van der Waals surface area contributed by atoms with Crippen LogP contribution in [0.15, 0.2) is 0 Å². The highest BCUT2D eigenvalue weighted by atomic mass is 15.2. The maximum Gasteiger partial charge on any atom is 0.227 e. The third kappa shape index (κ3) is 28.4. The Balaban J connectivity index is 5.74. The molecular weight excluding hydrogens is 653 g/mol. The summed E-state index contributed by atoms with van der Waals surface area (Å²) in [5, 5.41) is 54.7. The smallest absolute Gasteiger partial charge is 0.227 e. The Labute approximate surface area is 314 Å². The first kappa shape index (κ1) is 47.7.